The second-order valence-corrected chi connectivity index (χ2v) is 7.10. The molecular formula is C19H27N. The van der Waals surface area contributed by atoms with Crippen molar-refractivity contribution >= 4 is 5.69 Å². The minimum Gasteiger partial charge on any atom is -0.347 e. The first kappa shape index (κ1) is 13.7. The van der Waals surface area contributed by atoms with Crippen LogP contribution in [0.15, 0.2) is 11.3 Å². The SMILES string of the molecule is CC1=C2N(C)c3c(C)c(C)c(C)c(C)c3C2(C)CCC1. The Balaban J connectivity index is 2.43. The molecule has 0 amide bonds. The summed E-state index contributed by atoms with van der Waals surface area (Å²) in [5.41, 5.74) is 12.4. The Labute approximate surface area is 123 Å². The Morgan fingerprint density at radius 3 is 2.15 bits per heavy atom. The third-order valence-corrected chi connectivity index (χ3v) is 6.03. The van der Waals surface area contributed by atoms with E-state index in [0.717, 1.165) is 0 Å². The summed E-state index contributed by atoms with van der Waals surface area (Å²) in [6.45, 7) is 14.0. The van der Waals surface area contributed by atoms with Crippen LogP contribution in [0.1, 0.15) is 60.9 Å². The average molecular weight is 269 g/mol. The number of hydrogen-bond donors (Lipinski definition) is 0. The number of likely N-dealkylation sites (N-methyl/N-ethyl adjacent to an activating group) is 1. The fourth-order valence-electron chi connectivity index (χ4n) is 4.81. The van der Waals surface area contributed by atoms with Crippen molar-refractivity contribution in [3.63, 3.8) is 0 Å². The van der Waals surface area contributed by atoms with Crippen LogP contribution in [0.25, 0.3) is 0 Å². The van der Waals surface area contributed by atoms with Gasteiger partial charge in [0.2, 0.25) is 0 Å². The zero-order valence-electron chi connectivity index (χ0n) is 14.1. The monoisotopic (exact) mass is 269 g/mol. The Hall–Kier alpha value is -1.24. The van der Waals surface area contributed by atoms with E-state index in [2.05, 4.69) is 53.5 Å². The number of anilines is 1. The lowest BCUT2D eigenvalue weighted by Crippen LogP contribution is -2.30. The highest BCUT2D eigenvalue weighted by atomic mass is 15.2. The Morgan fingerprint density at radius 1 is 0.900 bits per heavy atom. The van der Waals surface area contributed by atoms with Gasteiger partial charge in [-0.15, -0.1) is 0 Å². The predicted molar refractivity (Wildman–Crippen MR) is 87.7 cm³/mol. The van der Waals surface area contributed by atoms with Crippen molar-refractivity contribution in [2.45, 2.75) is 66.2 Å². The van der Waals surface area contributed by atoms with Gasteiger partial charge < -0.3 is 4.90 Å². The smallest absolute Gasteiger partial charge is 0.0483 e. The maximum Gasteiger partial charge on any atom is 0.0483 e. The first-order valence-corrected chi connectivity index (χ1v) is 7.85. The Bertz CT molecular complexity index is 636. The highest BCUT2D eigenvalue weighted by Crippen LogP contribution is 2.56. The van der Waals surface area contributed by atoms with Crippen molar-refractivity contribution in [3.05, 3.63) is 39.1 Å². The van der Waals surface area contributed by atoms with Gasteiger partial charge >= 0.3 is 0 Å². The van der Waals surface area contributed by atoms with Crippen LogP contribution in [0.3, 0.4) is 0 Å². The Kier molecular flexibility index (Phi) is 2.83. The van der Waals surface area contributed by atoms with Crippen molar-refractivity contribution in [2.24, 2.45) is 0 Å². The molecule has 1 unspecified atom stereocenters. The van der Waals surface area contributed by atoms with Gasteiger partial charge in [0.05, 0.1) is 0 Å². The molecule has 0 spiro atoms. The summed E-state index contributed by atoms with van der Waals surface area (Å²) in [4.78, 5) is 2.50. The number of rotatable bonds is 0. The summed E-state index contributed by atoms with van der Waals surface area (Å²) < 4.78 is 0. The fourth-order valence-corrected chi connectivity index (χ4v) is 4.81. The van der Waals surface area contributed by atoms with Crippen molar-refractivity contribution in [1.82, 2.24) is 0 Å². The number of allylic oxidation sites excluding steroid dienone is 2. The van der Waals surface area contributed by atoms with Gasteiger partial charge in [-0.05, 0) is 88.6 Å². The molecular weight excluding hydrogens is 242 g/mol. The van der Waals surface area contributed by atoms with Crippen molar-refractivity contribution in [1.29, 1.82) is 0 Å². The number of benzene rings is 1. The molecule has 0 fully saturated rings. The lowest BCUT2D eigenvalue weighted by molar-refractivity contribution is 0.461. The second kappa shape index (κ2) is 4.13. The van der Waals surface area contributed by atoms with Crippen LogP contribution in [0.4, 0.5) is 5.69 Å². The van der Waals surface area contributed by atoms with Crippen LogP contribution < -0.4 is 4.90 Å². The molecule has 1 aliphatic carbocycles. The van der Waals surface area contributed by atoms with E-state index in [0.29, 0.717) is 0 Å². The summed E-state index contributed by atoms with van der Waals surface area (Å²) in [6.07, 6.45) is 3.88. The predicted octanol–water partition coefficient (Wildman–Crippen LogP) is 5.09. The van der Waals surface area contributed by atoms with E-state index in [1.165, 1.54) is 47.2 Å². The first-order chi connectivity index (χ1) is 9.30. The molecule has 0 N–H and O–H groups in total. The molecule has 1 atom stereocenters. The third-order valence-electron chi connectivity index (χ3n) is 6.03. The van der Waals surface area contributed by atoms with Crippen LogP contribution in [-0.2, 0) is 5.41 Å². The van der Waals surface area contributed by atoms with E-state index in [9.17, 15) is 0 Å². The van der Waals surface area contributed by atoms with E-state index in [1.807, 2.05) is 0 Å². The van der Waals surface area contributed by atoms with E-state index in [4.69, 9.17) is 0 Å². The van der Waals surface area contributed by atoms with Gasteiger partial charge in [-0.3, -0.25) is 0 Å². The van der Waals surface area contributed by atoms with E-state index >= 15 is 0 Å². The molecule has 0 saturated heterocycles. The van der Waals surface area contributed by atoms with Gasteiger partial charge in [-0.2, -0.15) is 0 Å². The largest absolute Gasteiger partial charge is 0.347 e. The maximum atomic E-state index is 2.50. The van der Waals surface area contributed by atoms with Gasteiger partial charge in [0.25, 0.3) is 0 Å². The minimum absolute atomic E-state index is 0.236. The number of nitrogens with zero attached hydrogens (tertiary/aromatic N) is 1. The zero-order chi connectivity index (χ0) is 14.8. The molecule has 1 nitrogen and oxygen atoms in total. The molecule has 1 aromatic carbocycles. The van der Waals surface area contributed by atoms with Gasteiger partial charge in [-0.25, -0.2) is 0 Å². The van der Waals surface area contributed by atoms with Crippen LogP contribution in [-0.4, -0.2) is 7.05 Å². The maximum absolute atomic E-state index is 2.50. The zero-order valence-corrected chi connectivity index (χ0v) is 14.1. The van der Waals surface area contributed by atoms with E-state index in [1.54, 1.807) is 16.8 Å². The van der Waals surface area contributed by atoms with E-state index in [-0.39, 0.29) is 5.41 Å². The molecule has 0 bridgehead atoms. The molecule has 1 heterocycles. The Morgan fingerprint density at radius 2 is 1.50 bits per heavy atom. The first-order valence-electron chi connectivity index (χ1n) is 7.85. The van der Waals surface area contributed by atoms with Crippen LogP contribution in [0.5, 0.6) is 0 Å². The second-order valence-electron chi connectivity index (χ2n) is 7.10. The molecule has 108 valence electrons. The number of hydrogen-bond acceptors (Lipinski definition) is 1. The summed E-state index contributed by atoms with van der Waals surface area (Å²) >= 11 is 0. The van der Waals surface area contributed by atoms with Crippen LogP contribution in [0, 0.1) is 27.7 Å². The fraction of sp³-hybridized carbons (Fsp3) is 0.579. The molecule has 1 heteroatoms. The summed E-state index contributed by atoms with van der Waals surface area (Å²) in [6, 6.07) is 0. The lowest BCUT2D eigenvalue weighted by Gasteiger charge is -2.35. The van der Waals surface area contributed by atoms with Crippen molar-refractivity contribution < 1.29 is 0 Å². The average Bonchev–Trinajstić information content (AvgIpc) is 2.63. The van der Waals surface area contributed by atoms with Gasteiger partial charge in [0, 0.05) is 23.8 Å². The van der Waals surface area contributed by atoms with Crippen LogP contribution >= 0.6 is 0 Å². The molecule has 0 saturated carbocycles. The van der Waals surface area contributed by atoms with Gasteiger partial charge in [0.1, 0.15) is 0 Å². The van der Waals surface area contributed by atoms with E-state index < -0.39 is 0 Å². The van der Waals surface area contributed by atoms with Crippen molar-refractivity contribution in [3.8, 4) is 0 Å². The summed E-state index contributed by atoms with van der Waals surface area (Å²) in [5.74, 6) is 0. The molecule has 0 radical (unpaired) electrons. The van der Waals surface area contributed by atoms with Crippen molar-refractivity contribution in [2.75, 3.05) is 11.9 Å². The normalized spacial score (nSPS) is 25.1. The quantitative estimate of drug-likeness (QED) is 0.634. The summed E-state index contributed by atoms with van der Waals surface area (Å²) in [7, 11) is 2.27. The molecule has 3 rings (SSSR count). The molecule has 2 aliphatic rings. The molecule has 0 aromatic heterocycles. The minimum atomic E-state index is 0.236. The van der Waals surface area contributed by atoms with Gasteiger partial charge in [0.15, 0.2) is 0 Å². The number of fused-ring (bicyclic) bond motifs is 3. The lowest BCUT2D eigenvalue weighted by atomic mass is 9.70. The molecule has 1 aromatic rings. The third kappa shape index (κ3) is 1.44. The highest BCUT2D eigenvalue weighted by molar-refractivity contribution is 5.78. The highest BCUT2D eigenvalue weighted by Gasteiger charge is 2.46. The standard InChI is InChI=1S/C19H27N/c1-11-9-8-10-19(6)16-14(4)12(2)13(3)15(5)17(16)20(7)18(11)19/h8-10H2,1-7H3. The van der Waals surface area contributed by atoms with Gasteiger partial charge in [-0.1, -0.05) is 5.57 Å². The van der Waals surface area contributed by atoms with Crippen LogP contribution in [0.2, 0.25) is 0 Å². The molecule has 20 heavy (non-hydrogen) atoms. The summed E-state index contributed by atoms with van der Waals surface area (Å²) in [5, 5.41) is 0. The molecule has 1 aliphatic heterocycles. The topological polar surface area (TPSA) is 3.24 Å².